The van der Waals surface area contributed by atoms with Crippen molar-refractivity contribution in [1.29, 1.82) is 0 Å². The second-order valence-corrected chi connectivity index (χ2v) is 6.53. The van der Waals surface area contributed by atoms with E-state index >= 15 is 0 Å². The summed E-state index contributed by atoms with van der Waals surface area (Å²) in [6.45, 7) is 1.15. The van der Waals surface area contributed by atoms with E-state index in [4.69, 9.17) is 5.14 Å². The van der Waals surface area contributed by atoms with Crippen molar-refractivity contribution in [1.82, 2.24) is 14.2 Å². The zero-order chi connectivity index (χ0) is 15.0. The zero-order valence-electron chi connectivity index (χ0n) is 11.3. The van der Waals surface area contributed by atoms with Gasteiger partial charge in [-0.05, 0) is 18.2 Å². The molecule has 1 aromatic carbocycles. The van der Waals surface area contributed by atoms with Crippen LogP contribution >= 0.6 is 0 Å². The van der Waals surface area contributed by atoms with Crippen molar-refractivity contribution in [3.05, 3.63) is 36.0 Å². The lowest BCUT2D eigenvalue weighted by Gasteiger charge is -2.33. The Morgan fingerprint density at radius 2 is 1.86 bits per heavy atom. The molecule has 1 aromatic heterocycles. The number of piperazine rings is 1. The number of H-pyrrole nitrogens is 1. The van der Waals surface area contributed by atoms with E-state index in [1.54, 1.807) is 17.2 Å². The minimum atomic E-state index is -3.67. The number of hydrogen-bond donors (Lipinski definition) is 2. The van der Waals surface area contributed by atoms with E-state index in [9.17, 15) is 13.2 Å². The van der Waals surface area contributed by atoms with Crippen molar-refractivity contribution in [3.8, 4) is 0 Å². The van der Waals surface area contributed by atoms with Crippen molar-refractivity contribution in [2.45, 2.75) is 0 Å². The van der Waals surface area contributed by atoms with Gasteiger partial charge < -0.3 is 9.88 Å². The van der Waals surface area contributed by atoms with Gasteiger partial charge in [0, 0.05) is 48.8 Å². The molecule has 112 valence electrons. The normalized spacial score (nSPS) is 17.3. The van der Waals surface area contributed by atoms with E-state index in [0.29, 0.717) is 18.7 Å². The Bertz CT molecular complexity index is 776. The zero-order valence-corrected chi connectivity index (χ0v) is 12.1. The van der Waals surface area contributed by atoms with Crippen LogP contribution in [0, 0.1) is 0 Å². The molecular weight excluding hydrogens is 292 g/mol. The summed E-state index contributed by atoms with van der Waals surface area (Å²) in [6.07, 6.45) is 1.79. The smallest absolute Gasteiger partial charge is 0.277 e. The molecule has 2 heterocycles. The Balaban J connectivity index is 1.80. The number of nitrogens with zero attached hydrogens (tertiary/aromatic N) is 2. The van der Waals surface area contributed by atoms with Crippen molar-refractivity contribution < 1.29 is 13.2 Å². The molecule has 8 heteroatoms. The highest BCUT2D eigenvalue weighted by atomic mass is 32.2. The van der Waals surface area contributed by atoms with Crippen LogP contribution in [-0.2, 0) is 10.2 Å². The van der Waals surface area contributed by atoms with Crippen LogP contribution in [0.5, 0.6) is 0 Å². The molecule has 1 aliphatic heterocycles. The maximum absolute atomic E-state index is 12.6. The molecule has 0 bridgehead atoms. The van der Waals surface area contributed by atoms with Crippen LogP contribution in [0.2, 0.25) is 0 Å². The second-order valence-electron chi connectivity index (χ2n) is 4.98. The number of rotatable bonds is 2. The van der Waals surface area contributed by atoms with Crippen molar-refractivity contribution in [2.24, 2.45) is 5.14 Å². The highest BCUT2D eigenvalue weighted by Crippen LogP contribution is 2.20. The number of fused-ring (bicyclic) bond motifs is 1. The average molecular weight is 308 g/mol. The van der Waals surface area contributed by atoms with Gasteiger partial charge in [0.2, 0.25) is 0 Å². The molecule has 0 radical (unpaired) electrons. The summed E-state index contributed by atoms with van der Waals surface area (Å²) in [5, 5.41) is 5.97. The number of nitrogens with one attached hydrogen (secondary N) is 1. The summed E-state index contributed by atoms with van der Waals surface area (Å²) in [5.41, 5.74) is 1.53. The van der Waals surface area contributed by atoms with E-state index < -0.39 is 10.2 Å². The third kappa shape index (κ3) is 2.65. The topological polar surface area (TPSA) is 99.5 Å². The number of carbonyl (C=O) groups is 1. The molecule has 0 spiro atoms. The molecular formula is C13H16N4O3S. The lowest BCUT2D eigenvalue weighted by Crippen LogP contribution is -2.52. The minimum absolute atomic E-state index is 0.0886. The number of nitrogens with two attached hydrogens (primary N) is 1. The average Bonchev–Trinajstić information content (AvgIpc) is 2.94. The quantitative estimate of drug-likeness (QED) is 0.824. The number of benzene rings is 1. The molecule has 21 heavy (non-hydrogen) atoms. The summed E-state index contributed by atoms with van der Waals surface area (Å²) < 4.78 is 23.7. The van der Waals surface area contributed by atoms with Crippen LogP contribution in [-0.4, -0.2) is 54.7 Å². The van der Waals surface area contributed by atoms with Crippen LogP contribution < -0.4 is 5.14 Å². The molecule has 1 saturated heterocycles. The lowest BCUT2D eigenvalue weighted by molar-refractivity contribution is 0.0700. The number of hydrogen-bond acceptors (Lipinski definition) is 3. The van der Waals surface area contributed by atoms with Crippen molar-refractivity contribution >= 4 is 27.0 Å². The largest absolute Gasteiger partial charge is 0.361 e. The molecule has 2 aromatic rings. The Kier molecular flexibility index (Phi) is 3.44. The van der Waals surface area contributed by atoms with Gasteiger partial charge in [0.1, 0.15) is 0 Å². The first-order valence-corrected chi connectivity index (χ1v) is 8.10. The number of aromatic amines is 1. The molecule has 3 rings (SSSR count). The molecule has 1 amide bonds. The summed E-state index contributed by atoms with van der Waals surface area (Å²) >= 11 is 0. The monoisotopic (exact) mass is 308 g/mol. The molecule has 0 aliphatic carbocycles. The third-order valence-corrected chi connectivity index (χ3v) is 4.80. The van der Waals surface area contributed by atoms with Gasteiger partial charge in [-0.15, -0.1) is 0 Å². The highest BCUT2D eigenvalue weighted by molar-refractivity contribution is 7.86. The fourth-order valence-corrected chi connectivity index (χ4v) is 3.26. The summed E-state index contributed by atoms with van der Waals surface area (Å²) in [7, 11) is -3.67. The van der Waals surface area contributed by atoms with E-state index in [-0.39, 0.29) is 19.0 Å². The molecule has 1 aliphatic rings. The van der Waals surface area contributed by atoms with Crippen LogP contribution in [0.25, 0.3) is 10.9 Å². The second kappa shape index (κ2) is 5.14. The molecule has 3 N–H and O–H groups in total. The fraction of sp³-hybridized carbons (Fsp3) is 0.308. The van der Waals surface area contributed by atoms with Crippen LogP contribution in [0.4, 0.5) is 0 Å². The maximum Gasteiger partial charge on any atom is 0.277 e. The van der Waals surface area contributed by atoms with Gasteiger partial charge >= 0.3 is 0 Å². The molecule has 7 nitrogen and oxygen atoms in total. The van der Waals surface area contributed by atoms with Crippen LogP contribution in [0.3, 0.4) is 0 Å². The Hall–Kier alpha value is -1.90. The van der Waals surface area contributed by atoms with Gasteiger partial charge in [0.15, 0.2) is 0 Å². The van der Waals surface area contributed by atoms with Gasteiger partial charge in [-0.25, -0.2) is 5.14 Å². The van der Waals surface area contributed by atoms with Gasteiger partial charge in [-0.3, -0.25) is 4.79 Å². The SMILES string of the molecule is NS(=O)(=O)N1CCN(C(=O)c2cccc3[nH]ccc23)CC1. The third-order valence-electron chi connectivity index (χ3n) is 3.71. The maximum atomic E-state index is 12.6. The summed E-state index contributed by atoms with van der Waals surface area (Å²) in [5.74, 6) is -0.0886. The Morgan fingerprint density at radius 3 is 2.52 bits per heavy atom. The molecule has 0 atom stereocenters. The molecule has 0 unspecified atom stereocenters. The van der Waals surface area contributed by atoms with Crippen molar-refractivity contribution in [2.75, 3.05) is 26.2 Å². The summed E-state index contributed by atoms with van der Waals surface area (Å²) in [4.78, 5) is 17.3. The van der Waals surface area contributed by atoms with Crippen LogP contribution in [0.1, 0.15) is 10.4 Å². The molecule has 0 saturated carbocycles. The highest BCUT2D eigenvalue weighted by Gasteiger charge is 2.27. The first kappa shape index (κ1) is 14.1. The number of aromatic nitrogens is 1. The number of amides is 1. The first-order valence-electron chi connectivity index (χ1n) is 6.60. The van der Waals surface area contributed by atoms with Gasteiger partial charge in [-0.1, -0.05) is 6.07 Å². The van der Waals surface area contributed by atoms with Gasteiger partial charge in [0.05, 0.1) is 0 Å². The van der Waals surface area contributed by atoms with E-state index in [0.717, 1.165) is 10.9 Å². The molecule has 1 fully saturated rings. The van der Waals surface area contributed by atoms with Crippen molar-refractivity contribution in [3.63, 3.8) is 0 Å². The fourth-order valence-electron chi connectivity index (χ4n) is 2.59. The predicted molar refractivity (Wildman–Crippen MR) is 78.9 cm³/mol. The minimum Gasteiger partial charge on any atom is -0.361 e. The number of carbonyl (C=O) groups excluding carboxylic acids is 1. The predicted octanol–water partition coefficient (Wildman–Crippen LogP) is 0.129. The van der Waals surface area contributed by atoms with Gasteiger partial charge in [0.25, 0.3) is 16.1 Å². The van der Waals surface area contributed by atoms with E-state index in [2.05, 4.69) is 4.98 Å². The standard InChI is InChI=1S/C13H16N4O3S/c14-21(19,20)17-8-6-16(7-9-17)13(18)11-2-1-3-12-10(11)4-5-15-12/h1-5,15H,6-9H2,(H2,14,19,20). The Labute approximate surface area is 122 Å². The Morgan fingerprint density at radius 1 is 1.14 bits per heavy atom. The van der Waals surface area contributed by atoms with E-state index in [1.807, 2.05) is 18.2 Å². The van der Waals surface area contributed by atoms with Crippen LogP contribution in [0.15, 0.2) is 30.5 Å². The van der Waals surface area contributed by atoms with Gasteiger partial charge in [-0.2, -0.15) is 12.7 Å². The lowest BCUT2D eigenvalue weighted by atomic mass is 10.1. The summed E-state index contributed by atoms with van der Waals surface area (Å²) in [6, 6.07) is 7.38. The first-order chi connectivity index (χ1) is 9.97. The van der Waals surface area contributed by atoms with E-state index in [1.165, 1.54) is 4.31 Å².